The number of rotatable bonds is 47. The highest BCUT2D eigenvalue weighted by atomic mass is 31.2. The first-order chi connectivity index (χ1) is 30.2. The van der Waals surface area contributed by atoms with E-state index in [4.69, 9.17) is 23.6 Å². The molecule has 3 N–H and O–H groups in total. The molecule has 0 aromatic rings. The van der Waals surface area contributed by atoms with Crippen LogP contribution in [0.2, 0.25) is 0 Å². The molecule has 10 nitrogen and oxygen atoms in total. The highest BCUT2D eigenvalue weighted by Gasteiger charge is 2.27. The lowest BCUT2D eigenvalue weighted by atomic mass is 10.0. The van der Waals surface area contributed by atoms with Gasteiger partial charge >= 0.3 is 19.8 Å². The summed E-state index contributed by atoms with van der Waals surface area (Å²) >= 11 is 0. The summed E-state index contributed by atoms with van der Waals surface area (Å²) in [7, 11) is -4.63. The molecule has 0 saturated heterocycles. The Morgan fingerprint density at radius 2 is 0.887 bits per heavy atom. The minimum atomic E-state index is -4.63. The van der Waals surface area contributed by atoms with Gasteiger partial charge in [-0.05, 0) is 51.4 Å². The number of phosphoric acid groups is 1. The third kappa shape index (κ3) is 45.9. The summed E-state index contributed by atoms with van der Waals surface area (Å²) < 4.78 is 32.8. The molecular formula is C51H93O10P. The first-order valence-corrected chi connectivity index (χ1v) is 26.6. The van der Waals surface area contributed by atoms with Crippen molar-refractivity contribution in [3.63, 3.8) is 0 Å². The topological polar surface area (TPSA) is 149 Å². The Morgan fingerprint density at radius 3 is 1.34 bits per heavy atom. The van der Waals surface area contributed by atoms with E-state index in [1.807, 2.05) is 0 Å². The van der Waals surface area contributed by atoms with Crippen molar-refractivity contribution in [1.82, 2.24) is 0 Å². The number of aliphatic hydroxyl groups excluding tert-OH is 2. The van der Waals surface area contributed by atoms with Crippen LogP contribution < -0.4 is 0 Å². The average Bonchev–Trinajstić information content (AvgIpc) is 3.26. The molecule has 0 rings (SSSR count). The Kier molecular flexibility index (Phi) is 45.3. The predicted molar refractivity (Wildman–Crippen MR) is 256 cm³/mol. The van der Waals surface area contributed by atoms with Crippen LogP contribution >= 0.6 is 7.82 Å². The van der Waals surface area contributed by atoms with E-state index in [9.17, 15) is 24.2 Å². The van der Waals surface area contributed by atoms with Gasteiger partial charge in [0.25, 0.3) is 0 Å². The molecule has 0 aromatic heterocycles. The number of carbonyl (C=O) groups excluding carboxylic acids is 2. The molecule has 0 saturated carbocycles. The Morgan fingerprint density at radius 1 is 0.500 bits per heavy atom. The molecule has 0 radical (unpaired) electrons. The van der Waals surface area contributed by atoms with Gasteiger partial charge in [0.15, 0.2) is 6.10 Å². The zero-order chi connectivity index (χ0) is 45.5. The summed E-state index contributed by atoms with van der Waals surface area (Å²) in [4.78, 5) is 35.1. The standard InChI is InChI=1S/C51H93O10P/c1-3-5-7-9-11-13-15-17-19-21-22-23-24-25-27-28-30-32-34-36-38-40-42-50(54)58-46-49(47-60-62(56,57)59-45-48(53)44-52)61-51(55)43-41-39-37-35-33-31-29-26-20-18-16-14-12-10-8-6-4-2/h6,8,12,14,18,20,29,31,48-49,52-53H,3-5,7,9-11,13,15-17,19,21-28,30,32-47H2,1-2H3,(H,56,57)/b8-6-,14-12-,20-18-,31-29-. The zero-order valence-corrected chi connectivity index (χ0v) is 40.5. The number of allylic oxidation sites excluding steroid dienone is 8. The van der Waals surface area contributed by atoms with E-state index in [1.54, 1.807) is 0 Å². The quantitative estimate of drug-likeness (QED) is 0.0233. The van der Waals surface area contributed by atoms with Gasteiger partial charge in [0.1, 0.15) is 12.7 Å². The van der Waals surface area contributed by atoms with Crippen LogP contribution in [0.4, 0.5) is 0 Å². The normalized spacial score (nSPS) is 14.1. The molecule has 0 fully saturated rings. The van der Waals surface area contributed by atoms with E-state index >= 15 is 0 Å². The molecule has 62 heavy (non-hydrogen) atoms. The van der Waals surface area contributed by atoms with Crippen LogP contribution in [0, 0.1) is 0 Å². The number of hydrogen-bond donors (Lipinski definition) is 3. The van der Waals surface area contributed by atoms with E-state index in [2.05, 4.69) is 62.5 Å². The number of aliphatic hydroxyl groups is 2. The van der Waals surface area contributed by atoms with Crippen molar-refractivity contribution in [2.75, 3.05) is 26.4 Å². The van der Waals surface area contributed by atoms with Crippen LogP contribution in [0.15, 0.2) is 48.6 Å². The van der Waals surface area contributed by atoms with Crippen molar-refractivity contribution in [2.45, 2.75) is 238 Å². The van der Waals surface area contributed by atoms with Gasteiger partial charge in [-0.15, -0.1) is 0 Å². The Balaban J connectivity index is 4.18. The smallest absolute Gasteiger partial charge is 0.462 e. The first-order valence-electron chi connectivity index (χ1n) is 25.1. The molecule has 0 aliphatic rings. The van der Waals surface area contributed by atoms with Gasteiger partial charge in [-0.25, -0.2) is 4.57 Å². The van der Waals surface area contributed by atoms with Gasteiger partial charge in [-0.2, -0.15) is 0 Å². The maximum Gasteiger partial charge on any atom is 0.472 e. The van der Waals surface area contributed by atoms with Crippen LogP contribution in [-0.4, -0.2) is 65.7 Å². The van der Waals surface area contributed by atoms with Gasteiger partial charge < -0.3 is 24.6 Å². The van der Waals surface area contributed by atoms with Crippen LogP contribution in [-0.2, 0) is 32.7 Å². The molecule has 0 amide bonds. The van der Waals surface area contributed by atoms with Gasteiger partial charge in [0.2, 0.25) is 0 Å². The molecule has 0 bridgehead atoms. The second kappa shape index (κ2) is 46.9. The fraction of sp³-hybridized carbons (Fsp3) is 0.804. The molecule has 0 aliphatic carbocycles. The van der Waals surface area contributed by atoms with Gasteiger partial charge in [-0.1, -0.05) is 210 Å². The molecule has 0 heterocycles. The highest BCUT2D eigenvalue weighted by molar-refractivity contribution is 7.47. The van der Waals surface area contributed by atoms with Gasteiger partial charge in [-0.3, -0.25) is 18.6 Å². The summed E-state index contributed by atoms with van der Waals surface area (Å²) in [5, 5.41) is 18.4. The molecule has 0 aromatic carbocycles. The molecule has 0 spiro atoms. The average molecular weight is 897 g/mol. The number of esters is 2. The van der Waals surface area contributed by atoms with E-state index in [1.165, 1.54) is 116 Å². The fourth-order valence-electron chi connectivity index (χ4n) is 6.93. The number of carbonyl (C=O) groups is 2. The minimum Gasteiger partial charge on any atom is -0.462 e. The van der Waals surface area contributed by atoms with E-state index in [0.717, 1.165) is 70.6 Å². The molecule has 3 unspecified atom stereocenters. The summed E-state index contributed by atoms with van der Waals surface area (Å²) in [6.45, 7) is 2.27. The van der Waals surface area contributed by atoms with Crippen LogP contribution in [0.5, 0.6) is 0 Å². The van der Waals surface area contributed by atoms with Crippen LogP contribution in [0.3, 0.4) is 0 Å². The molecule has 0 aliphatic heterocycles. The summed E-state index contributed by atoms with van der Waals surface area (Å²) in [5.74, 6) is -0.945. The molecular weight excluding hydrogens is 804 g/mol. The van der Waals surface area contributed by atoms with Crippen molar-refractivity contribution >= 4 is 19.8 Å². The first kappa shape index (κ1) is 59.9. The van der Waals surface area contributed by atoms with Gasteiger partial charge in [0.05, 0.1) is 19.8 Å². The van der Waals surface area contributed by atoms with Crippen molar-refractivity contribution in [1.29, 1.82) is 0 Å². The summed E-state index contributed by atoms with van der Waals surface area (Å²) in [6, 6.07) is 0. The summed E-state index contributed by atoms with van der Waals surface area (Å²) in [5.41, 5.74) is 0. The van der Waals surface area contributed by atoms with E-state index in [-0.39, 0.29) is 19.4 Å². The predicted octanol–water partition coefficient (Wildman–Crippen LogP) is 14.1. The zero-order valence-electron chi connectivity index (χ0n) is 39.6. The third-order valence-corrected chi connectivity index (χ3v) is 11.7. The number of hydrogen-bond acceptors (Lipinski definition) is 9. The number of ether oxygens (including phenoxy) is 2. The van der Waals surface area contributed by atoms with E-state index < -0.39 is 51.8 Å². The Labute approximate surface area is 379 Å². The van der Waals surface area contributed by atoms with Crippen molar-refractivity contribution in [3.8, 4) is 0 Å². The largest absolute Gasteiger partial charge is 0.472 e. The van der Waals surface area contributed by atoms with Crippen molar-refractivity contribution < 1.29 is 47.8 Å². The SMILES string of the molecule is CC/C=C\C/C=C\C/C=C\C/C=C\CCCCCCC(=O)OC(COC(=O)CCCCCCCCCCCCCCCCCCCCCCCC)COP(=O)(O)OCC(O)CO. The number of phosphoric ester groups is 1. The van der Waals surface area contributed by atoms with Crippen molar-refractivity contribution in [2.24, 2.45) is 0 Å². The molecule has 362 valence electrons. The lowest BCUT2D eigenvalue weighted by Gasteiger charge is -2.20. The monoisotopic (exact) mass is 897 g/mol. The van der Waals surface area contributed by atoms with Crippen LogP contribution in [0.1, 0.15) is 226 Å². The lowest BCUT2D eigenvalue weighted by Crippen LogP contribution is -2.29. The maximum absolute atomic E-state index is 12.6. The van der Waals surface area contributed by atoms with Gasteiger partial charge in [0, 0.05) is 12.8 Å². The second-order valence-corrected chi connectivity index (χ2v) is 18.3. The lowest BCUT2D eigenvalue weighted by molar-refractivity contribution is -0.161. The minimum absolute atomic E-state index is 0.157. The third-order valence-electron chi connectivity index (χ3n) is 10.7. The van der Waals surface area contributed by atoms with Crippen LogP contribution in [0.25, 0.3) is 0 Å². The van der Waals surface area contributed by atoms with Crippen molar-refractivity contribution in [3.05, 3.63) is 48.6 Å². The molecule has 11 heteroatoms. The summed E-state index contributed by atoms with van der Waals surface area (Å²) in [6.07, 6.45) is 52.3. The maximum atomic E-state index is 12.6. The Bertz CT molecular complexity index is 1170. The van der Waals surface area contributed by atoms with E-state index in [0.29, 0.717) is 12.8 Å². The highest BCUT2D eigenvalue weighted by Crippen LogP contribution is 2.43. The Hall–Kier alpha value is -2.07. The second-order valence-electron chi connectivity index (χ2n) is 16.8. The number of unbranched alkanes of at least 4 members (excludes halogenated alkanes) is 25. The molecule has 3 atom stereocenters. The fourth-order valence-corrected chi connectivity index (χ4v) is 7.72.